The molecule has 1 unspecified atom stereocenters. The number of carbonyl (C=O) groups is 1. The highest BCUT2D eigenvalue weighted by molar-refractivity contribution is 7.89. The van der Waals surface area contributed by atoms with Crippen LogP contribution in [0.2, 0.25) is 0 Å². The van der Waals surface area contributed by atoms with Crippen LogP contribution >= 0.6 is 0 Å². The topological polar surface area (TPSA) is 127 Å². The van der Waals surface area contributed by atoms with Gasteiger partial charge in [-0.1, -0.05) is 6.92 Å². The Morgan fingerprint density at radius 3 is 2.68 bits per heavy atom. The molecule has 0 saturated carbocycles. The van der Waals surface area contributed by atoms with Crippen LogP contribution in [0.15, 0.2) is 4.90 Å². The average molecular weight is 290 g/mol. The lowest BCUT2D eigenvalue weighted by atomic mass is 10.2. The maximum atomic E-state index is 12.0. The van der Waals surface area contributed by atoms with Crippen LogP contribution in [0.4, 0.5) is 0 Å². The molecular weight excluding hydrogens is 272 g/mol. The monoisotopic (exact) mass is 290 g/mol. The Balaban J connectivity index is 3.08. The van der Waals surface area contributed by atoms with Gasteiger partial charge in [-0.3, -0.25) is 9.89 Å². The van der Waals surface area contributed by atoms with Crippen molar-refractivity contribution in [3.63, 3.8) is 0 Å². The van der Waals surface area contributed by atoms with Crippen molar-refractivity contribution in [3.8, 4) is 0 Å². The number of nitrogens with zero attached hydrogens (tertiary/aromatic N) is 1. The highest BCUT2D eigenvalue weighted by Gasteiger charge is 2.27. The zero-order valence-electron chi connectivity index (χ0n) is 11.1. The van der Waals surface area contributed by atoms with Gasteiger partial charge >= 0.3 is 0 Å². The second kappa shape index (κ2) is 6.13. The minimum absolute atomic E-state index is 0.220. The number of H-pyrrole nitrogens is 1. The summed E-state index contributed by atoms with van der Waals surface area (Å²) < 4.78 is 27.9. The lowest BCUT2D eigenvalue weighted by Gasteiger charge is -2.12. The molecule has 0 fully saturated rings. The highest BCUT2D eigenvalue weighted by Crippen LogP contribution is 2.17. The van der Waals surface area contributed by atoms with Crippen molar-refractivity contribution in [2.24, 2.45) is 5.14 Å². The van der Waals surface area contributed by atoms with Gasteiger partial charge in [-0.25, -0.2) is 13.6 Å². The van der Waals surface area contributed by atoms with E-state index in [2.05, 4.69) is 15.5 Å². The van der Waals surface area contributed by atoms with E-state index < -0.39 is 15.9 Å². The third-order valence-corrected chi connectivity index (χ3v) is 3.45. The van der Waals surface area contributed by atoms with Crippen molar-refractivity contribution >= 4 is 15.9 Å². The summed E-state index contributed by atoms with van der Waals surface area (Å²) in [5, 5.41) is 13.9. The van der Waals surface area contributed by atoms with Gasteiger partial charge in [0, 0.05) is 13.2 Å². The number of rotatable bonds is 6. The summed E-state index contributed by atoms with van der Waals surface area (Å²) >= 11 is 0. The quantitative estimate of drug-likeness (QED) is 0.643. The first-order chi connectivity index (χ1) is 8.81. The Labute approximate surface area is 111 Å². The Hall–Kier alpha value is -1.45. The molecule has 0 spiro atoms. The van der Waals surface area contributed by atoms with Gasteiger partial charge < -0.3 is 10.1 Å². The van der Waals surface area contributed by atoms with Gasteiger partial charge in [0.15, 0.2) is 5.69 Å². The van der Waals surface area contributed by atoms with Crippen LogP contribution in [0, 0.1) is 0 Å². The Bertz CT molecular complexity index is 552. The van der Waals surface area contributed by atoms with Crippen LogP contribution in [0.3, 0.4) is 0 Å². The maximum Gasteiger partial charge on any atom is 0.273 e. The summed E-state index contributed by atoms with van der Waals surface area (Å²) in [7, 11) is -2.51. The van der Waals surface area contributed by atoms with Gasteiger partial charge in [0.1, 0.15) is 4.90 Å². The van der Waals surface area contributed by atoms with E-state index in [9.17, 15) is 13.2 Å². The molecule has 1 amide bonds. The molecule has 0 radical (unpaired) electrons. The third kappa shape index (κ3) is 3.75. The van der Waals surface area contributed by atoms with Crippen molar-refractivity contribution in [2.45, 2.75) is 31.2 Å². The normalized spacial score (nSPS) is 13.3. The fraction of sp³-hybridized carbons (Fsp3) is 0.600. The van der Waals surface area contributed by atoms with E-state index in [4.69, 9.17) is 9.88 Å². The highest BCUT2D eigenvalue weighted by atomic mass is 32.2. The Morgan fingerprint density at radius 2 is 2.21 bits per heavy atom. The van der Waals surface area contributed by atoms with Crippen LogP contribution in [0.25, 0.3) is 0 Å². The molecule has 1 heterocycles. The molecule has 1 aromatic rings. The predicted octanol–water partition coefficient (Wildman–Crippen LogP) is -0.616. The zero-order chi connectivity index (χ0) is 14.6. The smallest absolute Gasteiger partial charge is 0.273 e. The van der Waals surface area contributed by atoms with E-state index in [1.54, 1.807) is 13.8 Å². The number of sulfonamides is 1. The second-order valence-electron chi connectivity index (χ2n) is 4.11. The molecule has 4 N–H and O–H groups in total. The molecule has 0 saturated heterocycles. The molecule has 108 valence electrons. The van der Waals surface area contributed by atoms with Crippen molar-refractivity contribution < 1.29 is 17.9 Å². The van der Waals surface area contributed by atoms with Crippen LogP contribution in [-0.4, -0.2) is 44.3 Å². The van der Waals surface area contributed by atoms with Crippen LogP contribution in [-0.2, 0) is 21.2 Å². The van der Waals surface area contributed by atoms with Crippen LogP contribution in [0.5, 0.6) is 0 Å². The van der Waals surface area contributed by atoms with Crippen LogP contribution in [0.1, 0.15) is 30.0 Å². The second-order valence-corrected chi connectivity index (χ2v) is 5.61. The molecule has 0 aromatic carbocycles. The van der Waals surface area contributed by atoms with Gasteiger partial charge in [-0.05, 0) is 13.3 Å². The number of carbonyl (C=O) groups excluding carboxylic acids is 1. The number of ether oxygens (including phenoxy) is 1. The predicted molar refractivity (Wildman–Crippen MR) is 68.1 cm³/mol. The molecule has 1 aromatic heterocycles. The summed E-state index contributed by atoms with van der Waals surface area (Å²) in [6.07, 6.45) is 0.375. The van der Waals surface area contributed by atoms with E-state index in [1.165, 1.54) is 7.11 Å². The third-order valence-electron chi connectivity index (χ3n) is 2.44. The van der Waals surface area contributed by atoms with Crippen molar-refractivity contribution in [2.75, 3.05) is 13.7 Å². The average Bonchev–Trinajstić information content (AvgIpc) is 2.72. The number of aryl methyl sites for hydroxylation is 1. The molecule has 1 atom stereocenters. The number of hydrogen-bond acceptors (Lipinski definition) is 5. The molecule has 8 nitrogen and oxygen atoms in total. The number of amides is 1. The van der Waals surface area contributed by atoms with Gasteiger partial charge in [0.05, 0.1) is 12.3 Å². The molecule has 0 aliphatic heterocycles. The SMILES string of the molecule is CCc1[nH]nc(C(=O)NC(C)COC)c1S(N)(=O)=O. The van der Waals surface area contributed by atoms with Gasteiger partial charge in [-0.2, -0.15) is 5.10 Å². The lowest BCUT2D eigenvalue weighted by molar-refractivity contribution is 0.0897. The number of nitrogens with two attached hydrogens (primary N) is 1. The van der Waals surface area contributed by atoms with Crippen molar-refractivity contribution in [3.05, 3.63) is 11.4 Å². The summed E-state index contributed by atoms with van der Waals surface area (Å²) in [5.41, 5.74) is 0.0920. The summed E-state index contributed by atoms with van der Waals surface area (Å²) in [5.74, 6) is -0.607. The molecule has 19 heavy (non-hydrogen) atoms. The molecular formula is C10H18N4O4S. The fourth-order valence-corrected chi connectivity index (χ4v) is 2.59. The van der Waals surface area contributed by atoms with E-state index >= 15 is 0 Å². The van der Waals surface area contributed by atoms with Gasteiger partial charge in [0.25, 0.3) is 5.91 Å². The largest absolute Gasteiger partial charge is 0.383 e. The molecule has 1 rings (SSSR count). The van der Waals surface area contributed by atoms with E-state index in [1.807, 2.05) is 0 Å². The molecule has 0 aliphatic rings. The first-order valence-electron chi connectivity index (χ1n) is 5.71. The lowest BCUT2D eigenvalue weighted by Crippen LogP contribution is -2.36. The first kappa shape index (κ1) is 15.6. The number of aromatic nitrogens is 2. The van der Waals surface area contributed by atoms with E-state index in [0.717, 1.165) is 0 Å². The summed E-state index contributed by atoms with van der Waals surface area (Å²) in [6.45, 7) is 3.77. The van der Waals surface area contributed by atoms with Crippen LogP contribution < -0.4 is 10.5 Å². The Kier molecular flexibility index (Phi) is 5.04. The summed E-state index contributed by atoms with van der Waals surface area (Å²) in [6, 6.07) is -0.271. The number of aromatic amines is 1. The zero-order valence-corrected chi connectivity index (χ0v) is 11.9. The Morgan fingerprint density at radius 1 is 1.58 bits per heavy atom. The number of hydrogen-bond donors (Lipinski definition) is 3. The van der Waals surface area contributed by atoms with Crippen molar-refractivity contribution in [1.82, 2.24) is 15.5 Å². The number of methoxy groups -OCH3 is 1. The standard InChI is InChI=1S/C10H18N4O4S/c1-4-7-9(19(11,16)17)8(14-13-7)10(15)12-6(2)5-18-3/h6H,4-5H2,1-3H3,(H,12,15)(H,13,14)(H2,11,16,17). The van der Waals surface area contributed by atoms with E-state index in [0.29, 0.717) is 18.7 Å². The molecule has 9 heteroatoms. The van der Waals surface area contributed by atoms with Gasteiger partial charge in [0.2, 0.25) is 10.0 Å². The first-order valence-corrected chi connectivity index (χ1v) is 7.25. The van der Waals surface area contributed by atoms with Gasteiger partial charge in [-0.15, -0.1) is 0 Å². The summed E-state index contributed by atoms with van der Waals surface area (Å²) in [4.78, 5) is 11.7. The fourth-order valence-electron chi connectivity index (χ4n) is 1.65. The minimum atomic E-state index is -4.01. The molecule has 0 bridgehead atoms. The maximum absolute atomic E-state index is 12.0. The van der Waals surface area contributed by atoms with Crippen molar-refractivity contribution in [1.29, 1.82) is 0 Å². The number of primary sulfonamides is 1. The van der Waals surface area contributed by atoms with E-state index in [-0.39, 0.29) is 16.6 Å². The molecule has 0 aliphatic carbocycles. The minimum Gasteiger partial charge on any atom is -0.383 e. The number of nitrogens with one attached hydrogen (secondary N) is 2.